The van der Waals surface area contributed by atoms with Gasteiger partial charge in [0, 0.05) is 91.2 Å². The van der Waals surface area contributed by atoms with Crippen molar-refractivity contribution in [1.82, 2.24) is 16.0 Å². The number of hydrogen-bond acceptors (Lipinski definition) is 17. The molecule has 620 valence electrons. The van der Waals surface area contributed by atoms with E-state index < -0.39 is 0 Å². The number of esters is 1. The van der Waals surface area contributed by atoms with E-state index in [0.29, 0.717) is 172 Å². The second-order valence-corrected chi connectivity index (χ2v) is 32.0. The summed E-state index contributed by atoms with van der Waals surface area (Å²) in [4.78, 5) is 45.9. The minimum Gasteiger partial charge on any atom is -0.461 e. The van der Waals surface area contributed by atoms with E-state index in [1.165, 1.54) is 19.3 Å². The molecular formula is C83H171N3O17. The number of nitrogens with one attached hydrogen (secondary N) is 3. The van der Waals surface area contributed by atoms with Gasteiger partial charge in [0.1, 0.15) is 6.61 Å². The predicted molar refractivity (Wildman–Crippen MR) is 425 cm³/mol. The second-order valence-electron chi connectivity index (χ2n) is 32.0. The Morgan fingerprint density at radius 1 is 0.282 bits per heavy atom. The van der Waals surface area contributed by atoms with Gasteiger partial charge < -0.3 is 77.5 Å². The Balaban J connectivity index is -0.000000385. The van der Waals surface area contributed by atoms with Crippen LogP contribution in [0.1, 0.15) is 256 Å². The maximum absolute atomic E-state index is 12.2. The van der Waals surface area contributed by atoms with Crippen LogP contribution in [0.4, 0.5) is 0 Å². The average Bonchev–Trinajstić information content (AvgIpc) is 0.891. The Hall–Kier alpha value is -2.60. The first-order valence-corrected chi connectivity index (χ1v) is 40.7. The van der Waals surface area contributed by atoms with Gasteiger partial charge in [0.05, 0.1) is 105 Å². The van der Waals surface area contributed by atoms with Crippen LogP contribution in [0.3, 0.4) is 0 Å². The van der Waals surface area contributed by atoms with Crippen LogP contribution in [0, 0.1) is 76.9 Å². The van der Waals surface area contributed by atoms with Crippen molar-refractivity contribution in [2.24, 2.45) is 76.9 Å². The Morgan fingerprint density at radius 3 is 0.806 bits per heavy atom. The summed E-state index contributed by atoms with van der Waals surface area (Å²) in [7, 11) is 0. The average molecular weight is 1480 g/mol. The third kappa shape index (κ3) is 106. The maximum Gasteiger partial charge on any atom is 0.332 e. The third-order valence-corrected chi connectivity index (χ3v) is 15.0. The number of amides is 3. The maximum atomic E-state index is 12.2. The first kappa shape index (κ1) is 109. The van der Waals surface area contributed by atoms with E-state index in [4.69, 9.17) is 61.6 Å². The van der Waals surface area contributed by atoms with Gasteiger partial charge in [0.15, 0.2) is 0 Å². The second kappa shape index (κ2) is 81.9. The van der Waals surface area contributed by atoms with Gasteiger partial charge in [-0.05, 0) is 162 Å². The van der Waals surface area contributed by atoms with Crippen LogP contribution >= 0.6 is 0 Å². The molecule has 0 spiro atoms. The number of carbonyl (C=O) groups is 4. The Kier molecular flexibility index (Phi) is 86.7. The van der Waals surface area contributed by atoms with Crippen LogP contribution in [0.2, 0.25) is 0 Å². The molecule has 3 N–H and O–H groups in total. The molecule has 0 aromatic carbocycles. The molecule has 0 aromatic rings. The standard InChI is InChI=1S/C20H39NO3.C19H39NO5.C15H31NO3.C12H26O2.C9H18O3.C8H18O/c1-16(2)9-11-23-13-14-24-12-10-21-20(22)19-7-5-18(6-8-19)15-17(3)4;1-17(2)5-6-19(21)20-8-10-23-12-14-25-16-15-24-13-11-22-9-7-18(3)4;1-13(2)5-6-15(17)16-8-10-19-12-11-18-9-7-14(3)4;1-11(2)5-7-13-9-10-14-8-6-12(3)4;1-7(2)5-11-6-9(10)12-8(3)4;1-7(2)5-9-6-8(3)4/h16-19H,5-15H2,1-4H3,(H,21,22);17-18H,5-16H2,1-4H3,(H,20,21);13-14H,5-12H2,1-4H3,(H,16,17);11-12H,5-10H2,1-4H3;7-8H,5-6H2,1-4H3;7-8H,5-6H2,1-4H3. The number of ether oxygens (including phenoxy) is 13. The fourth-order valence-corrected chi connectivity index (χ4v) is 8.80. The molecule has 1 saturated carbocycles. The highest BCUT2D eigenvalue weighted by molar-refractivity contribution is 5.78. The minimum atomic E-state index is -0.286. The zero-order valence-corrected chi connectivity index (χ0v) is 71.5. The van der Waals surface area contributed by atoms with Gasteiger partial charge in [-0.1, -0.05) is 152 Å². The summed E-state index contributed by atoms with van der Waals surface area (Å²) in [5.41, 5.74) is 0. The SMILES string of the molecule is CC(C)CCOCCOCCC(C)C.CC(C)CCOCCOCCNC(=O)C1CCC(CC(C)C)CC1.CC(C)CCOCCOCCNC(=O)CCC(C)C.CC(C)CCOCCOCCOCCOCCNC(=O)CCC(C)C.CC(C)COCC(=O)OC(C)C.CC(C)COCC(C)C. The molecule has 0 radical (unpaired) electrons. The zero-order chi connectivity index (χ0) is 78.7. The molecule has 0 aromatic heterocycles. The van der Waals surface area contributed by atoms with E-state index in [0.717, 1.165) is 141 Å². The van der Waals surface area contributed by atoms with Crippen LogP contribution in [0.25, 0.3) is 0 Å². The lowest BCUT2D eigenvalue weighted by Crippen LogP contribution is -2.35. The summed E-state index contributed by atoms with van der Waals surface area (Å²) in [6, 6.07) is 0. The van der Waals surface area contributed by atoms with E-state index in [1.54, 1.807) is 0 Å². The van der Waals surface area contributed by atoms with Crippen molar-refractivity contribution in [3.8, 4) is 0 Å². The van der Waals surface area contributed by atoms with Crippen LogP contribution in [-0.2, 0) is 80.8 Å². The van der Waals surface area contributed by atoms with Crippen molar-refractivity contribution in [3.05, 3.63) is 0 Å². The van der Waals surface area contributed by atoms with Crippen molar-refractivity contribution in [3.63, 3.8) is 0 Å². The van der Waals surface area contributed by atoms with Gasteiger partial charge in [0.25, 0.3) is 0 Å². The fourth-order valence-electron chi connectivity index (χ4n) is 8.80. The van der Waals surface area contributed by atoms with E-state index in [1.807, 2.05) is 27.7 Å². The highest BCUT2D eigenvalue weighted by Gasteiger charge is 2.26. The first-order chi connectivity index (χ1) is 48.8. The molecule has 1 aliphatic rings. The minimum absolute atomic E-state index is 0.0554. The van der Waals surface area contributed by atoms with Crippen molar-refractivity contribution in [2.75, 3.05) is 178 Å². The van der Waals surface area contributed by atoms with E-state index in [2.05, 4.69) is 154 Å². The molecule has 0 atom stereocenters. The normalized spacial score (nSPS) is 13.7. The van der Waals surface area contributed by atoms with Gasteiger partial charge in [-0.2, -0.15) is 0 Å². The summed E-state index contributed by atoms with van der Waals surface area (Å²) in [5, 5.41) is 8.72. The molecule has 103 heavy (non-hydrogen) atoms. The number of carbonyl (C=O) groups excluding carboxylic acids is 4. The molecule has 0 saturated heterocycles. The van der Waals surface area contributed by atoms with Crippen LogP contribution < -0.4 is 16.0 Å². The molecule has 0 heterocycles. The lowest BCUT2D eigenvalue weighted by Gasteiger charge is -2.28. The molecule has 0 unspecified atom stereocenters. The van der Waals surface area contributed by atoms with Crippen LogP contribution in [0.15, 0.2) is 0 Å². The molecule has 0 aliphatic heterocycles. The Bertz CT molecular complexity index is 1720. The lowest BCUT2D eigenvalue weighted by atomic mass is 9.78. The monoisotopic (exact) mass is 1480 g/mol. The molecule has 20 heteroatoms. The smallest absolute Gasteiger partial charge is 0.332 e. The molecule has 3 amide bonds. The lowest BCUT2D eigenvalue weighted by molar-refractivity contribution is -0.153. The quantitative estimate of drug-likeness (QED) is 0.0380. The van der Waals surface area contributed by atoms with E-state index in [9.17, 15) is 19.2 Å². The van der Waals surface area contributed by atoms with Gasteiger partial charge in [0.2, 0.25) is 17.7 Å². The van der Waals surface area contributed by atoms with Crippen molar-refractivity contribution < 1.29 is 80.8 Å². The number of hydrogen-bond donors (Lipinski definition) is 3. The zero-order valence-electron chi connectivity index (χ0n) is 71.5. The predicted octanol–water partition coefficient (Wildman–Crippen LogP) is 16.3. The summed E-state index contributed by atoms with van der Waals surface area (Å²) >= 11 is 0. The highest BCUT2D eigenvalue weighted by Crippen LogP contribution is 2.32. The molecule has 1 rings (SSSR count). The van der Waals surface area contributed by atoms with Crippen LogP contribution in [0.5, 0.6) is 0 Å². The summed E-state index contributed by atoms with van der Waals surface area (Å²) in [6.45, 7) is 68.8. The summed E-state index contributed by atoms with van der Waals surface area (Å²) in [5.74, 6) is 8.39. The molecule has 20 nitrogen and oxygen atoms in total. The molecule has 0 bridgehead atoms. The topological polar surface area (TPSA) is 224 Å². The highest BCUT2D eigenvalue weighted by atomic mass is 16.6. The Labute approximate surface area is 634 Å². The third-order valence-electron chi connectivity index (χ3n) is 15.0. The van der Waals surface area contributed by atoms with Crippen molar-refractivity contribution in [2.45, 2.75) is 262 Å². The Morgan fingerprint density at radius 2 is 0.544 bits per heavy atom. The summed E-state index contributed by atoms with van der Waals surface area (Å²) < 4.78 is 69.6. The van der Waals surface area contributed by atoms with Crippen molar-refractivity contribution in [1.29, 1.82) is 0 Å². The van der Waals surface area contributed by atoms with Gasteiger partial charge in [-0.3, -0.25) is 14.4 Å². The van der Waals surface area contributed by atoms with Crippen molar-refractivity contribution >= 4 is 23.7 Å². The van der Waals surface area contributed by atoms with Gasteiger partial charge >= 0.3 is 5.97 Å². The molecule has 1 aliphatic carbocycles. The largest absolute Gasteiger partial charge is 0.461 e. The number of rotatable bonds is 60. The van der Waals surface area contributed by atoms with E-state index in [-0.39, 0.29) is 42.3 Å². The van der Waals surface area contributed by atoms with Gasteiger partial charge in [-0.15, -0.1) is 0 Å². The fraction of sp³-hybridized carbons (Fsp3) is 0.952. The summed E-state index contributed by atoms with van der Waals surface area (Å²) in [6.07, 6.45) is 14.4. The molecule has 1 fully saturated rings. The van der Waals surface area contributed by atoms with E-state index >= 15 is 0 Å². The first-order valence-electron chi connectivity index (χ1n) is 40.7. The molecular weight excluding hydrogens is 1310 g/mol. The van der Waals surface area contributed by atoms with Crippen LogP contribution in [-0.4, -0.2) is 208 Å². The van der Waals surface area contributed by atoms with Gasteiger partial charge in [-0.25, -0.2) is 4.79 Å².